The number of aliphatic carboxylic acids is 2. The number of nitrogens with one attached hydrogen (secondary N) is 1. The number of hydrogen-bond acceptors (Lipinski definition) is 3. The average Bonchev–Trinajstić information content (AvgIpc) is 2.28. The number of carbonyl (C=O) groups is 3. The molecule has 1 aliphatic carbocycles. The number of hydrogen-bond donors (Lipinski definition) is 3. The fourth-order valence-corrected chi connectivity index (χ4v) is 1.76. The molecule has 0 aliphatic heterocycles. The van der Waals surface area contributed by atoms with E-state index in [-0.39, 0.29) is 0 Å². The van der Waals surface area contributed by atoms with E-state index >= 15 is 0 Å². The molecule has 3 unspecified atom stereocenters. The highest BCUT2D eigenvalue weighted by atomic mass is 16.4. The molecule has 0 saturated heterocycles. The molecule has 0 saturated carbocycles. The van der Waals surface area contributed by atoms with Crippen molar-refractivity contribution < 1.29 is 24.6 Å². The van der Waals surface area contributed by atoms with Crippen LogP contribution in [-0.4, -0.2) is 34.1 Å². The molecular weight excluding hydrogens is 226 g/mol. The highest BCUT2D eigenvalue weighted by Gasteiger charge is 2.34. The molecule has 0 radical (unpaired) electrons. The van der Waals surface area contributed by atoms with Crippen molar-refractivity contribution in [2.24, 2.45) is 11.8 Å². The number of rotatable bonds is 4. The van der Waals surface area contributed by atoms with Crippen LogP contribution in [0.25, 0.3) is 0 Å². The summed E-state index contributed by atoms with van der Waals surface area (Å²) in [6, 6.07) is -1.01. The lowest BCUT2D eigenvalue weighted by Gasteiger charge is -2.25. The Morgan fingerprint density at radius 3 is 2.18 bits per heavy atom. The lowest BCUT2D eigenvalue weighted by molar-refractivity contribution is -0.148. The van der Waals surface area contributed by atoms with Gasteiger partial charge in [-0.2, -0.15) is 0 Å². The molecule has 0 aromatic heterocycles. The molecule has 1 aliphatic rings. The number of allylic oxidation sites excluding steroid dienone is 2. The molecule has 0 aromatic carbocycles. The summed E-state index contributed by atoms with van der Waals surface area (Å²) >= 11 is 0. The number of carboxylic acids is 2. The third-order valence-electron chi connectivity index (χ3n) is 2.82. The number of amides is 1. The molecule has 1 amide bonds. The van der Waals surface area contributed by atoms with Crippen molar-refractivity contribution in [3.8, 4) is 0 Å². The molecular formula is C11H15NO5. The first-order valence-corrected chi connectivity index (χ1v) is 5.34. The Bertz CT molecular complexity index is 363. The summed E-state index contributed by atoms with van der Waals surface area (Å²) in [5.41, 5.74) is 0. The third-order valence-corrected chi connectivity index (χ3v) is 2.82. The first kappa shape index (κ1) is 13.2. The van der Waals surface area contributed by atoms with Crippen molar-refractivity contribution in [3.63, 3.8) is 0 Å². The van der Waals surface area contributed by atoms with Crippen molar-refractivity contribution in [2.75, 3.05) is 0 Å². The van der Waals surface area contributed by atoms with Crippen LogP contribution in [0.3, 0.4) is 0 Å². The summed E-state index contributed by atoms with van der Waals surface area (Å²) in [5, 5.41) is 19.9. The Morgan fingerprint density at radius 1 is 1.18 bits per heavy atom. The van der Waals surface area contributed by atoms with E-state index in [2.05, 4.69) is 5.32 Å². The zero-order chi connectivity index (χ0) is 13.0. The van der Waals surface area contributed by atoms with Gasteiger partial charge in [-0.15, -0.1) is 0 Å². The van der Waals surface area contributed by atoms with Crippen molar-refractivity contribution in [2.45, 2.75) is 25.8 Å². The molecule has 0 fully saturated rings. The van der Waals surface area contributed by atoms with E-state index in [0.29, 0.717) is 12.8 Å². The molecule has 17 heavy (non-hydrogen) atoms. The highest BCUT2D eigenvalue weighted by molar-refractivity contribution is 5.88. The summed E-state index contributed by atoms with van der Waals surface area (Å²) in [5.74, 6) is -4.16. The minimum absolute atomic E-state index is 0.300. The lowest BCUT2D eigenvalue weighted by Crippen LogP contribution is -2.45. The van der Waals surface area contributed by atoms with Crippen LogP contribution in [0.1, 0.15) is 19.8 Å². The molecule has 1 rings (SSSR count). The van der Waals surface area contributed by atoms with Crippen LogP contribution in [-0.2, 0) is 14.4 Å². The topological polar surface area (TPSA) is 104 Å². The SMILES string of the molecule is CC(NC(=O)C1CC=CCC1C(=O)O)C(=O)O. The maximum absolute atomic E-state index is 11.8. The van der Waals surface area contributed by atoms with Gasteiger partial charge in [0.05, 0.1) is 11.8 Å². The summed E-state index contributed by atoms with van der Waals surface area (Å²) in [4.78, 5) is 33.3. The van der Waals surface area contributed by atoms with E-state index in [4.69, 9.17) is 10.2 Å². The van der Waals surface area contributed by atoms with E-state index in [9.17, 15) is 14.4 Å². The van der Waals surface area contributed by atoms with Gasteiger partial charge in [0.25, 0.3) is 0 Å². The van der Waals surface area contributed by atoms with Gasteiger partial charge >= 0.3 is 11.9 Å². The van der Waals surface area contributed by atoms with Gasteiger partial charge in [-0.25, -0.2) is 0 Å². The summed E-state index contributed by atoms with van der Waals surface area (Å²) < 4.78 is 0. The zero-order valence-corrected chi connectivity index (χ0v) is 9.42. The van der Waals surface area contributed by atoms with E-state index in [1.807, 2.05) is 0 Å². The normalized spacial score (nSPS) is 25.0. The predicted octanol–water partition coefficient (Wildman–Crippen LogP) is 0.243. The second-order valence-corrected chi connectivity index (χ2v) is 4.06. The van der Waals surface area contributed by atoms with Gasteiger partial charge in [-0.3, -0.25) is 14.4 Å². The Kier molecular flexibility index (Phi) is 4.25. The van der Waals surface area contributed by atoms with E-state index in [1.54, 1.807) is 12.2 Å². The van der Waals surface area contributed by atoms with E-state index in [1.165, 1.54) is 6.92 Å². The molecule has 3 N–H and O–H groups in total. The van der Waals surface area contributed by atoms with Gasteiger partial charge in [-0.1, -0.05) is 12.2 Å². The van der Waals surface area contributed by atoms with Gasteiger partial charge in [0.2, 0.25) is 5.91 Å². The molecule has 0 bridgehead atoms. The quantitative estimate of drug-likeness (QED) is 0.612. The Balaban J connectivity index is 2.69. The van der Waals surface area contributed by atoms with Gasteiger partial charge in [0, 0.05) is 0 Å². The van der Waals surface area contributed by atoms with Crippen LogP contribution in [0.5, 0.6) is 0 Å². The molecule has 0 heterocycles. The first-order chi connectivity index (χ1) is 7.93. The summed E-state index contributed by atoms with van der Waals surface area (Å²) in [6.07, 6.45) is 4.10. The molecule has 0 spiro atoms. The molecule has 6 heteroatoms. The van der Waals surface area contributed by atoms with Crippen LogP contribution in [0.4, 0.5) is 0 Å². The Labute approximate surface area is 98.3 Å². The minimum Gasteiger partial charge on any atom is -0.481 e. The molecule has 3 atom stereocenters. The largest absolute Gasteiger partial charge is 0.481 e. The summed E-state index contributed by atoms with van der Waals surface area (Å²) in [7, 11) is 0. The molecule has 0 aromatic rings. The van der Waals surface area contributed by atoms with Crippen LogP contribution in [0.2, 0.25) is 0 Å². The maximum atomic E-state index is 11.8. The second-order valence-electron chi connectivity index (χ2n) is 4.06. The predicted molar refractivity (Wildman–Crippen MR) is 58.2 cm³/mol. The smallest absolute Gasteiger partial charge is 0.325 e. The fourth-order valence-electron chi connectivity index (χ4n) is 1.76. The van der Waals surface area contributed by atoms with Crippen molar-refractivity contribution in [3.05, 3.63) is 12.2 Å². The van der Waals surface area contributed by atoms with Gasteiger partial charge < -0.3 is 15.5 Å². The van der Waals surface area contributed by atoms with Crippen molar-refractivity contribution in [1.29, 1.82) is 0 Å². The van der Waals surface area contributed by atoms with Gasteiger partial charge in [-0.05, 0) is 19.8 Å². The summed E-state index contributed by atoms with van der Waals surface area (Å²) in [6.45, 7) is 1.34. The Morgan fingerprint density at radius 2 is 1.71 bits per heavy atom. The van der Waals surface area contributed by atoms with Crippen LogP contribution in [0.15, 0.2) is 12.2 Å². The zero-order valence-electron chi connectivity index (χ0n) is 9.42. The highest BCUT2D eigenvalue weighted by Crippen LogP contribution is 2.26. The standard InChI is InChI=1S/C11H15NO5/c1-6(10(14)15)12-9(13)7-4-2-3-5-8(7)11(16)17/h2-3,6-8H,4-5H2,1H3,(H,12,13)(H,14,15)(H,16,17). The Hall–Kier alpha value is -1.85. The second kappa shape index (κ2) is 5.47. The number of carboxylic acid groups (broad SMARTS) is 2. The third kappa shape index (κ3) is 3.30. The van der Waals surface area contributed by atoms with Crippen LogP contribution in [0, 0.1) is 11.8 Å². The fraction of sp³-hybridized carbons (Fsp3) is 0.545. The lowest BCUT2D eigenvalue weighted by atomic mass is 9.82. The van der Waals surface area contributed by atoms with Crippen LogP contribution >= 0.6 is 0 Å². The van der Waals surface area contributed by atoms with Gasteiger partial charge in [0.15, 0.2) is 0 Å². The van der Waals surface area contributed by atoms with E-state index in [0.717, 1.165) is 0 Å². The minimum atomic E-state index is -1.14. The van der Waals surface area contributed by atoms with Gasteiger partial charge in [0.1, 0.15) is 6.04 Å². The molecule has 6 nitrogen and oxygen atoms in total. The monoisotopic (exact) mass is 241 g/mol. The number of carbonyl (C=O) groups excluding carboxylic acids is 1. The van der Waals surface area contributed by atoms with E-state index < -0.39 is 35.7 Å². The maximum Gasteiger partial charge on any atom is 0.325 e. The van der Waals surface area contributed by atoms with Crippen molar-refractivity contribution in [1.82, 2.24) is 5.32 Å². The van der Waals surface area contributed by atoms with Crippen LogP contribution < -0.4 is 5.32 Å². The molecule has 94 valence electrons. The van der Waals surface area contributed by atoms with Crippen molar-refractivity contribution >= 4 is 17.8 Å². The first-order valence-electron chi connectivity index (χ1n) is 5.34. The average molecular weight is 241 g/mol.